The standard InChI is InChI=1S/C24H37N3O2/c1-20-7-5-17-26(20)19-22-10-13-24(28)27(22)21-8-11-23(12-9-21)29-18-6-16-25-14-3-2-4-15-25/h8-9,11-12,20,22H,2-7,10,13-19H2,1H3/t20?,22-/m0/s1. The van der Waals surface area contributed by atoms with E-state index in [0.717, 1.165) is 44.0 Å². The van der Waals surface area contributed by atoms with E-state index in [-0.39, 0.29) is 5.91 Å². The molecule has 0 aliphatic carbocycles. The van der Waals surface area contributed by atoms with E-state index in [1.165, 1.54) is 51.7 Å². The van der Waals surface area contributed by atoms with Gasteiger partial charge in [0, 0.05) is 31.2 Å². The van der Waals surface area contributed by atoms with Crippen molar-refractivity contribution < 1.29 is 9.53 Å². The molecule has 29 heavy (non-hydrogen) atoms. The maximum atomic E-state index is 12.6. The van der Waals surface area contributed by atoms with Crippen LogP contribution in [0.3, 0.4) is 0 Å². The second kappa shape index (κ2) is 9.94. The lowest BCUT2D eigenvalue weighted by Crippen LogP contribution is -2.43. The molecule has 2 atom stereocenters. The fourth-order valence-electron chi connectivity index (χ4n) is 5.17. The van der Waals surface area contributed by atoms with E-state index in [4.69, 9.17) is 4.74 Å². The Labute approximate surface area is 176 Å². The number of carbonyl (C=O) groups is 1. The Morgan fingerprint density at radius 1 is 1.00 bits per heavy atom. The van der Waals surface area contributed by atoms with Crippen LogP contribution in [0.25, 0.3) is 0 Å². The van der Waals surface area contributed by atoms with Gasteiger partial charge in [0.25, 0.3) is 0 Å². The highest BCUT2D eigenvalue weighted by Gasteiger charge is 2.35. The number of nitrogens with zero attached hydrogens (tertiary/aromatic N) is 3. The summed E-state index contributed by atoms with van der Waals surface area (Å²) < 4.78 is 5.95. The van der Waals surface area contributed by atoms with Crippen LogP contribution >= 0.6 is 0 Å². The first-order chi connectivity index (χ1) is 14.2. The molecule has 4 rings (SSSR count). The number of piperidine rings is 1. The van der Waals surface area contributed by atoms with Crippen molar-refractivity contribution in [2.45, 2.75) is 70.4 Å². The van der Waals surface area contributed by atoms with Gasteiger partial charge in [0.1, 0.15) is 5.75 Å². The summed E-state index contributed by atoms with van der Waals surface area (Å²) in [5.74, 6) is 1.17. The fourth-order valence-corrected chi connectivity index (χ4v) is 5.17. The number of carbonyl (C=O) groups excluding carboxylic acids is 1. The molecule has 5 nitrogen and oxygen atoms in total. The Morgan fingerprint density at radius 2 is 1.79 bits per heavy atom. The van der Waals surface area contributed by atoms with Gasteiger partial charge in [-0.2, -0.15) is 0 Å². The topological polar surface area (TPSA) is 36.0 Å². The molecule has 1 amide bonds. The number of ether oxygens (including phenoxy) is 1. The Bertz CT molecular complexity index is 657. The van der Waals surface area contributed by atoms with E-state index in [9.17, 15) is 4.79 Å². The molecule has 3 saturated heterocycles. The summed E-state index contributed by atoms with van der Waals surface area (Å²) in [7, 11) is 0. The summed E-state index contributed by atoms with van der Waals surface area (Å²) in [5, 5.41) is 0. The zero-order chi connectivity index (χ0) is 20.1. The average Bonchev–Trinajstić information content (AvgIpc) is 3.32. The van der Waals surface area contributed by atoms with Crippen LogP contribution in [-0.4, -0.2) is 67.1 Å². The molecule has 0 aromatic heterocycles. The maximum absolute atomic E-state index is 12.6. The third kappa shape index (κ3) is 5.32. The lowest BCUT2D eigenvalue weighted by atomic mass is 10.1. The van der Waals surface area contributed by atoms with Crippen molar-refractivity contribution in [3.63, 3.8) is 0 Å². The van der Waals surface area contributed by atoms with Gasteiger partial charge in [-0.15, -0.1) is 0 Å². The molecule has 3 fully saturated rings. The Morgan fingerprint density at radius 3 is 2.52 bits per heavy atom. The van der Waals surface area contributed by atoms with Crippen molar-refractivity contribution >= 4 is 11.6 Å². The zero-order valence-corrected chi connectivity index (χ0v) is 18.0. The van der Waals surface area contributed by atoms with Crippen molar-refractivity contribution in [1.82, 2.24) is 9.80 Å². The average molecular weight is 400 g/mol. The van der Waals surface area contributed by atoms with E-state index in [1.807, 2.05) is 17.0 Å². The van der Waals surface area contributed by atoms with Gasteiger partial charge in [-0.25, -0.2) is 0 Å². The van der Waals surface area contributed by atoms with Crippen LogP contribution in [0.15, 0.2) is 24.3 Å². The minimum atomic E-state index is 0.261. The van der Waals surface area contributed by atoms with Crippen LogP contribution < -0.4 is 9.64 Å². The quantitative estimate of drug-likeness (QED) is 0.621. The van der Waals surface area contributed by atoms with Crippen LogP contribution in [0.1, 0.15) is 58.3 Å². The van der Waals surface area contributed by atoms with Gasteiger partial charge in [0.2, 0.25) is 5.91 Å². The molecule has 0 radical (unpaired) electrons. The number of likely N-dealkylation sites (tertiary alicyclic amines) is 2. The van der Waals surface area contributed by atoms with Crippen molar-refractivity contribution in [2.75, 3.05) is 44.2 Å². The maximum Gasteiger partial charge on any atom is 0.227 e. The molecule has 0 N–H and O–H groups in total. The molecule has 3 aliphatic heterocycles. The van der Waals surface area contributed by atoms with E-state index in [1.54, 1.807) is 0 Å². The van der Waals surface area contributed by atoms with Gasteiger partial charge >= 0.3 is 0 Å². The van der Waals surface area contributed by atoms with Crippen LogP contribution in [-0.2, 0) is 4.79 Å². The third-order valence-corrected chi connectivity index (χ3v) is 6.91. The molecular formula is C24H37N3O2. The second-order valence-corrected chi connectivity index (χ2v) is 9.04. The molecule has 1 unspecified atom stereocenters. The molecule has 0 bridgehead atoms. The number of hydrogen-bond acceptors (Lipinski definition) is 4. The fraction of sp³-hybridized carbons (Fsp3) is 0.708. The van der Waals surface area contributed by atoms with E-state index in [0.29, 0.717) is 18.5 Å². The molecule has 3 aliphatic rings. The Kier molecular flexibility index (Phi) is 7.09. The summed E-state index contributed by atoms with van der Waals surface area (Å²) in [5.41, 5.74) is 1.02. The van der Waals surface area contributed by atoms with Gasteiger partial charge in [-0.3, -0.25) is 9.69 Å². The van der Waals surface area contributed by atoms with Crippen molar-refractivity contribution in [1.29, 1.82) is 0 Å². The largest absolute Gasteiger partial charge is 0.494 e. The lowest BCUT2D eigenvalue weighted by molar-refractivity contribution is -0.117. The summed E-state index contributed by atoms with van der Waals surface area (Å²) in [6.45, 7) is 8.87. The molecule has 0 saturated carbocycles. The Balaban J connectivity index is 1.27. The molecule has 5 heteroatoms. The van der Waals surface area contributed by atoms with E-state index in [2.05, 4.69) is 28.9 Å². The van der Waals surface area contributed by atoms with E-state index >= 15 is 0 Å². The van der Waals surface area contributed by atoms with Crippen LogP contribution in [0.5, 0.6) is 5.75 Å². The van der Waals surface area contributed by atoms with E-state index < -0.39 is 0 Å². The SMILES string of the molecule is CC1CCCN1C[C@@H]1CCC(=O)N1c1ccc(OCCCN2CCCCC2)cc1. The number of anilines is 1. The van der Waals surface area contributed by atoms with Crippen molar-refractivity contribution in [3.8, 4) is 5.75 Å². The van der Waals surface area contributed by atoms with Gasteiger partial charge < -0.3 is 14.5 Å². The third-order valence-electron chi connectivity index (χ3n) is 6.91. The van der Waals surface area contributed by atoms with Crippen LogP contribution in [0, 0.1) is 0 Å². The van der Waals surface area contributed by atoms with Gasteiger partial charge in [-0.1, -0.05) is 6.42 Å². The number of hydrogen-bond donors (Lipinski definition) is 0. The number of benzene rings is 1. The number of rotatable bonds is 8. The first kappa shape index (κ1) is 20.7. The highest BCUT2D eigenvalue weighted by atomic mass is 16.5. The molecular weight excluding hydrogens is 362 g/mol. The molecule has 3 heterocycles. The highest BCUT2D eigenvalue weighted by molar-refractivity contribution is 5.96. The molecule has 0 spiro atoms. The number of amides is 1. The summed E-state index contributed by atoms with van der Waals surface area (Å²) in [6, 6.07) is 9.12. The van der Waals surface area contributed by atoms with Crippen LogP contribution in [0.2, 0.25) is 0 Å². The molecule has 160 valence electrons. The minimum absolute atomic E-state index is 0.261. The van der Waals surface area contributed by atoms with Crippen molar-refractivity contribution in [2.24, 2.45) is 0 Å². The van der Waals surface area contributed by atoms with Gasteiger partial charge in [0.15, 0.2) is 0 Å². The summed E-state index contributed by atoms with van der Waals surface area (Å²) in [4.78, 5) is 19.7. The lowest BCUT2D eigenvalue weighted by Gasteiger charge is -2.31. The summed E-state index contributed by atoms with van der Waals surface area (Å²) in [6.07, 6.45) is 9.35. The normalized spacial score (nSPS) is 26.4. The Hall–Kier alpha value is -1.59. The van der Waals surface area contributed by atoms with Crippen LogP contribution in [0.4, 0.5) is 5.69 Å². The molecule has 1 aromatic carbocycles. The monoisotopic (exact) mass is 399 g/mol. The first-order valence-corrected chi connectivity index (χ1v) is 11.7. The second-order valence-electron chi connectivity index (χ2n) is 9.04. The predicted octanol–water partition coefficient (Wildman–Crippen LogP) is 3.92. The first-order valence-electron chi connectivity index (χ1n) is 11.7. The smallest absolute Gasteiger partial charge is 0.227 e. The summed E-state index contributed by atoms with van der Waals surface area (Å²) >= 11 is 0. The van der Waals surface area contributed by atoms with Gasteiger partial charge in [0.05, 0.1) is 12.6 Å². The van der Waals surface area contributed by atoms with Crippen molar-refractivity contribution in [3.05, 3.63) is 24.3 Å². The molecule has 1 aromatic rings. The minimum Gasteiger partial charge on any atom is -0.494 e. The zero-order valence-electron chi connectivity index (χ0n) is 18.0. The predicted molar refractivity (Wildman–Crippen MR) is 118 cm³/mol. The van der Waals surface area contributed by atoms with Gasteiger partial charge in [-0.05, 0) is 89.3 Å². The highest BCUT2D eigenvalue weighted by Crippen LogP contribution is 2.30.